The summed E-state index contributed by atoms with van der Waals surface area (Å²) in [5.41, 5.74) is 0.775. The number of rotatable bonds is 2. The van der Waals surface area contributed by atoms with Gasteiger partial charge in [-0.15, -0.1) is 0 Å². The number of anilines is 1. The second kappa shape index (κ2) is 5.59. The summed E-state index contributed by atoms with van der Waals surface area (Å²) >= 11 is 0. The first-order valence-electron chi connectivity index (χ1n) is 5.28. The fraction of sp³-hybridized carbons (Fsp3) is 0.364. The third-order valence-corrected chi connectivity index (χ3v) is 2.21. The van der Waals surface area contributed by atoms with Gasteiger partial charge >= 0.3 is 18.4 Å². The molecule has 1 aromatic carbocycles. The molecule has 0 saturated heterocycles. The van der Waals surface area contributed by atoms with Gasteiger partial charge in [0.25, 0.3) is 0 Å². The molecule has 0 unspecified atom stereocenters. The van der Waals surface area contributed by atoms with Crippen LogP contribution in [0.15, 0.2) is 24.3 Å². The topological polar surface area (TPSA) is 41.1 Å². The van der Waals surface area contributed by atoms with Gasteiger partial charge in [-0.2, -0.15) is 26.3 Å². The van der Waals surface area contributed by atoms with Crippen LogP contribution in [-0.4, -0.2) is 24.4 Å². The van der Waals surface area contributed by atoms with Crippen LogP contribution in [0.3, 0.4) is 0 Å². The van der Waals surface area contributed by atoms with Gasteiger partial charge in [0.1, 0.15) is 0 Å². The Labute approximate surface area is 110 Å². The summed E-state index contributed by atoms with van der Waals surface area (Å²) in [6, 6.07) is 0.376. The van der Waals surface area contributed by atoms with Gasteiger partial charge in [-0.05, 0) is 24.6 Å². The number of amides is 2. The van der Waals surface area contributed by atoms with Gasteiger partial charge in [-0.3, -0.25) is 0 Å². The number of hydrogen-bond acceptors (Lipinski definition) is 1. The summed E-state index contributed by atoms with van der Waals surface area (Å²) in [6.45, 7) is 1.65. The first kappa shape index (κ1) is 16.1. The molecule has 1 rings (SSSR count). The quantitative estimate of drug-likeness (QED) is 0.805. The number of urea groups is 1. The van der Waals surface area contributed by atoms with Crippen LogP contribution in [0.4, 0.5) is 36.8 Å². The molecule has 0 aliphatic carbocycles. The fourth-order valence-corrected chi connectivity index (χ4v) is 1.37. The minimum Gasteiger partial charge on any atom is -0.318 e. The van der Waals surface area contributed by atoms with Crippen molar-refractivity contribution < 1.29 is 31.1 Å². The molecule has 0 aliphatic rings. The second-order valence-corrected chi connectivity index (χ2v) is 3.98. The van der Waals surface area contributed by atoms with Crippen LogP contribution >= 0.6 is 0 Å². The van der Waals surface area contributed by atoms with Crippen LogP contribution in [-0.2, 0) is 0 Å². The minimum atomic E-state index is -5.62. The van der Waals surface area contributed by atoms with Crippen molar-refractivity contribution in [1.82, 2.24) is 5.32 Å². The number of nitrogens with one attached hydrogen (secondary N) is 2. The highest BCUT2D eigenvalue weighted by molar-refractivity contribution is 5.89. The van der Waals surface area contributed by atoms with Gasteiger partial charge in [0.2, 0.25) is 6.04 Å². The predicted molar refractivity (Wildman–Crippen MR) is 59.2 cm³/mol. The van der Waals surface area contributed by atoms with Gasteiger partial charge < -0.3 is 10.6 Å². The smallest absolute Gasteiger partial charge is 0.318 e. The molecule has 0 atom stereocenters. The van der Waals surface area contributed by atoms with Crippen molar-refractivity contribution in [2.75, 3.05) is 5.32 Å². The standard InChI is InChI=1S/C11H10F6N2O/c1-6-3-2-4-7(5-6)18-9(20)19-8(10(12,13)14)11(15,16)17/h2-5,8H,1H3,(H2,18,19,20). The summed E-state index contributed by atoms with van der Waals surface area (Å²) < 4.78 is 73.3. The zero-order valence-electron chi connectivity index (χ0n) is 10.1. The highest BCUT2D eigenvalue weighted by atomic mass is 19.4. The largest absolute Gasteiger partial charge is 0.417 e. The van der Waals surface area contributed by atoms with Crippen molar-refractivity contribution in [2.45, 2.75) is 25.3 Å². The molecule has 2 amide bonds. The Balaban J connectivity index is 2.78. The molecule has 0 radical (unpaired) electrons. The molecular weight excluding hydrogens is 290 g/mol. The summed E-state index contributed by atoms with van der Waals surface area (Å²) in [6.07, 6.45) is -11.2. The van der Waals surface area contributed by atoms with Crippen molar-refractivity contribution >= 4 is 11.7 Å². The van der Waals surface area contributed by atoms with Crippen molar-refractivity contribution in [3.8, 4) is 0 Å². The van der Waals surface area contributed by atoms with E-state index in [2.05, 4.69) is 0 Å². The average molecular weight is 300 g/mol. The zero-order valence-corrected chi connectivity index (χ0v) is 10.1. The predicted octanol–water partition coefficient (Wildman–Crippen LogP) is 3.61. The molecule has 0 aromatic heterocycles. The van der Waals surface area contributed by atoms with Gasteiger partial charge in [0, 0.05) is 5.69 Å². The minimum absolute atomic E-state index is 0.0885. The van der Waals surface area contributed by atoms with Crippen molar-refractivity contribution in [1.29, 1.82) is 0 Å². The number of halogens is 6. The van der Waals surface area contributed by atoms with E-state index < -0.39 is 24.4 Å². The Morgan fingerprint density at radius 3 is 2.10 bits per heavy atom. The van der Waals surface area contributed by atoms with Gasteiger partial charge in [0.15, 0.2) is 0 Å². The van der Waals surface area contributed by atoms with E-state index in [4.69, 9.17) is 0 Å². The molecule has 1 aromatic rings. The first-order valence-corrected chi connectivity index (χ1v) is 5.28. The van der Waals surface area contributed by atoms with Gasteiger partial charge in [-0.1, -0.05) is 12.1 Å². The summed E-state index contributed by atoms with van der Waals surface area (Å²) in [5.74, 6) is 0. The zero-order chi connectivity index (χ0) is 15.6. The molecule has 0 saturated carbocycles. The lowest BCUT2D eigenvalue weighted by atomic mass is 10.2. The SMILES string of the molecule is Cc1cccc(NC(=O)NC(C(F)(F)F)C(F)(F)F)c1. The van der Waals surface area contributed by atoms with Crippen LogP contribution in [0.1, 0.15) is 5.56 Å². The maximum Gasteiger partial charge on any atom is 0.417 e. The van der Waals surface area contributed by atoms with Gasteiger partial charge in [-0.25, -0.2) is 4.79 Å². The lowest BCUT2D eigenvalue weighted by Gasteiger charge is -2.23. The van der Waals surface area contributed by atoms with Crippen LogP contribution in [0, 0.1) is 6.92 Å². The molecule has 0 heterocycles. The number of aryl methyl sites for hydroxylation is 1. The molecule has 2 N–H and O–H groups in total. The maximum atomic E-state index is 12.2. The van der Waals surface area contributed by atoms with Crippen molar-refractivity contribution in [2.24, 2.45) is 0 Å². The Hall–Kier alpha value is -1.93. The average Bonchev–Trinajstić information content (AvgIpc) is 2.22. The summed E-state index contributed by atoms with van der Waals surface area (Å²) in [7, 11) is 0. The highest BCUT2D eigenvalue weighted by Gasteiger charge is 2.57. The first-order chi connectivity index (χ1) is 9.00. The molecule has 20 heavy (non-hydrogen) atoms. The van der Waals surface area contributed by atoms with Crippen LogP contribution in [0.25, 0.3) is 0 Å². The number of benzene rings is 1. The Morgan fingerprint density at radius 1 is 1.10 bits per heavy atom. The second-order valence-electron chi connectivity index (χ2n) is 3.98. The van der Waals surface area contributed by atoms with E-state index >= 15 is 0 Å². The molecule has 0 spiro atoms. The third kappa shape index (κ3) is 4.63. The lowest BCUT2D eigenvalue weighted by Crippen LogP contribution is -2.55. The molecule has 112 valence electrons. The van der Waals surface area contributed by atoms with Crippen LogP contribution in [0.2, 0.25) is 0 Å². The van der Waals surface area contributed by atoms with E-state index in [-0.39, 0.29) is 5.69 Å². The Bertz CT molecular complexity index is 469. The van der Waals surface area contributed by atoms with E-state index in [1.54, 1.807) is 13.0 Å². The molecule has 0 fully saturated rings. The Kier molecular flexibility index (Phi) is 4.51. The summed E-state index contributed by atoms with van der Waals surface area (Å²) in [5, 5.41) is 2.77. The molecule has 3 nitrogen and oxygen atoms in total. The van der Waals surface area contributed by atoms with Crippen LogP contribution < -0.4 is 10.6 Å². The lowest BCUT2D eigenvalue weighted by molar-refractivity contribution is -0.255. The van der Waals surface area contributed by atoms with E-state index in [1.807, 2.05) is 5.32 Å². The van der Waals surface area contributed by atoms with E-state index in [9.17, 15) is 31.1 Å². The van der Waals surface area contributed by atoms with Crippen molar-refractivity contribution in [3.63, 3.8) is 0 Å². The molecule has 0 aliphatic heterocycles. The van der Waals surface area contributed by atoms with E-state index in [1.165, 1.54) is 18.2 Å². The molecule has 0 bridgehead atoms. The highest BCUT2D eigenvalue weighted by Crippen LogP contribution is 2.33. The van der Waals surface area contributed by atoms with Crippen molar-refractivity contribution in [3.05, 3.63) is 29.8 Å². The number of carbonyl (C=O) groups excluding carboxylic acids is 1. The summed E-state index contributed by atoms with van der Waals surface area (Å²) in [4.78, 5) is 11.2. The van der Waals surface area contributed by atoms with Crippen LogP contribution in [0.5, 0.6) is 0 Å². The third-order valence-electron chi connectivity index (χ3n) is 2.21. The van der Waals surface area contributed by atoms with E-state index in [0.717, 1.165) is 5.32 Å². The monoisotopic (exact) mass is 300 g/mol. The Morgan fingerprint density at radius 2 is 1.65 bits per heavy atom. The number of alkyl halides is 6. The fourth-order valence-electron chi connectivity index (χ4n) is 1.37. The number of carbonyl (C=O) groups is 1. The van der Waals surface area contributed by atoms with Gasteiger partial charge in [0.05, 0.1) is 0 Å². The normalized spacial score (nSPS) is 12.4. The van der Waals surface area contributed by atoms with E-state index in [0.29, 0.717) is 5.56 Å². The molecule has 9 heteroatoms. The molecular formula is C11H10F6N2O. The maximum absolute atomic E-state index is 12.2. The number of hydrogen-bond donors (Lipinski definition) is 2.